The minimum Gasteiger partial charge on any atom is -0.455 e. The monoisotopic (exact) mass is 133 g/mol. The Hall–Kier alpha value is -0.610. The molecule has 0 unspecified atom stereocenters. The van der Waals surface area contributed by atoms with Crippen LogP contribution in [0.5, 0.6) is 0 Å². The van der Waals surface area contributed by atoms with Gasteiger partial charge >= 0.3 is 6.47 Å². The van der Waals surface area contributed by atoms with Gasteiger partial charge in [-0.1, -0.05) is 0 Å². The molecule has 0 atom stereocenters. The highest BCUT2D eigenvalue weighted by Gasteiger charge is 1.84. The zero-order valence-electron chi connectivity index (χ0n) is 5.25. The van der Waals surface area contributed by atoms with E-state index in [0.717, 1.165) is 0 Å². The van der Waals surface area contributed by atoms with Gasteiger partial charge in [-0.3, -0.25) is 0 Å². The zero-order valence-corrected chi connectivity index (χ0v) is 5.25. The van der Waals surface area contributed by atoms with E-state index in [2.05, 4.69) is 9.47 Å². The van der Waals surface area contributed by atoms with Gasteiger partial charge in [-0.25, -0.2) is 4.79 Å². The van der Waals surface area contributed by atoms with Crippen molar-refractivity contribution < 1.29 is 19.0 Å². The molecule has 0 saturated carbocycles. The predicted octanol–water partition coefficient (Wildman–Crippen LogP) is -0.309. The van der Waals surface area contributed by atoms with Crippen molar-refractivity contribution in [3.05, 3.63) is 0 Å². The summed E-state index contributed by atoms with van der Waals surface area (Å²) < 4.78 is 13.5. The minimum absolute atomic E-state index is 0.224. The van der Waals surface area contributed by atoms with Crippen molar-refractivity contribution in [1.82, 2.24) is 0 Å². The van der Waals surface area contributed by atoms with Gasteiger partial charge in [0, 0.05) is 7.11 Å². The molecule has 0 spiro atoms. The molecule has 4 nitrogen and oxygen atoms in total. The first kappa shape index (κ1) is 8.39. The number of ether oxygens (including phenoxy) is 3. The molecule has 9 heavy (non-hydrogen) atoms. The second kappa shape index (κ2) is 7.39. The summed E-state index contributed by atoms with van der Waals surface area (Å²) >= 11 is 0. The molecule has 4 heteroatoms. The molecular weight excluding hydrogens is 124 g/mol. The number of carbonyl (C=O) groups excluding carboxylic acids is 1. The summed E-state index contributed by atoms with van der Waals surface area (Å²) in [4.78, 5) is 9.40. The first-order valence-electron chi connectivity index (χ1n) is 2.47. The molecule has 0 aromatic heterocycles. The van der Waals surface area contributed by atoms with E-state index in [1.165, 1.54) is 13.6 Å². The van der Waals surface area contributed by atoms with Crippen LogP contribution in [0.3, 0.4) is 0 Å². The van der Waals surface area contributed by atoms with Gasteiger partial charge in [0.15, 0.2) is 0 Å². The van der Waals surface area contributed by atoms with Gasteiger partial charge in [-0.15, -0.1) is 0 Å². The molecule has 0 aliphatic rings. The fraction of sp³-hybridized carbons (Fsp3) is 0.800. The highest BCUT2D eigenvalue weighted by Crippen LogP contribution is 1.74. The molecule has 0 aliphatic heterocycles. The van der Waals surface area contributed by atoms with Crippen LogP contribution < -0.4 is 0 Å². The van der Waals surface area contributed by atoms with E-state index in [1.54, 1.807) is 0 Å². The second-order valence-corrected chi connectivity index (χ2v) is 1.25. The van der Waals surface area contributed by atoms with Crippen molar-refractivity contribution in [2.45, 2.75) is 0 Å². The Morgan fingerprint density at radius 2 is 2.22 bits per heavy atom. The van der Waals surface area contributed by atoms with Crippen LogP contribution in [0.25, 0.3) is 0 Å². The van der Waals surface area contributed by atoms with E-state index in [4.69, 9.17) is 4.74 Å². The lowest BCUT2D eigenvalue weighted by atomic mass is 10.8. The van der Waals surface area contributed by atoms with Crippen LogP contribution in [-0.2, 0) is 19.0 Å². The van der Waals surface area contributed by atoms with Crippen LogP contribution in [0.1, 0.15) is 0 Å². The summed E-state index contributed by atoms with van der Waals surface area (Å²) in [6, 6.07) is 0. The highest BCUT2D eigenvalue weighted by molar-refractivity contribution is 5.37. The van der Waals surface area contributed by atoms with Crippen molar-refractivity contribution in [3.63, 3.8) is 0 Å². The third kappa shape index (κ3) is 7.39. The van der Waals surface area contributed by atoms with Crippen LogP contribution >= 0.6 is 0 Å². The van der Waals surface area contributed by atoms with Gasteiger partial charge in [0.1, 0.15) is 13.4 Å². The maximum atomic E-state index is 9.40. The van der Waals surface area contributed by atoms with Crippen molar-refractivity contribution in [3.8, 4) is 0 Å². The van der Waals surface area contributed by atoms with E-state index < -0.39 is 0 Å². The fourth-order valence-electron chi connectivity index (χ4n) is 0.285. The SMILES string of the molecule is COCOCCO[C]=O. The quantitative estimate of drug-likeness (QED) is 0.368. The van der Waals surface area contributed by atoms with Crippen LogP contribution in [0.4, 0.5) is 0 Å². The van der Waals surface area contributed by atoms with E-state index in [9.17, 15) is 4.79 Å². The van der Waals surface area contributed by atoms with E-state index in [1.807, 2.05) is 0 Å². The highest BCUT2D eigenvalue weighted by atomic mass is 16.7. The van der Waals surface area contributed by atoms with Gasteiger partial charge in [0.25, 0.3) is 0 Å². The molecule has 0 fully saturated rings. The molecule has 0 aliphatic carbocycles. The average Bonchev–Trinajstić information content (AvgIpc) is 1.89. The maximum absolute atomic E-state index is 9.40. The first-order valence-corrected chi connectivity index (χ1v) is 2.47. The number of hydrogen-bond acceptors (Lipinski definition) is 4. The first-order chi connectivity index (χ1) is 4.41. The second-order valence-electron chi connectivity index (χ2n) is 1.25. The summed E-state index contributed by atoms with van der Waals surface area (Å²) in [5.41, 5.74) is 0. The zero-order chi connectivity index (χ0) is 6.95. The van der Waals surface area contributed by atoms with Gasteiger partial charge in [-0.2, -0.15) is 0 Å². The van der Waals surface area contributed by atoms with Gasteiger partial charge in [0.05, 0.1) is 6.61 Å². The van der Waals surface area contributed by atoms with Crippen molar-refractivity contribution in [2.24, 2.45) is 0 Å². The molecule has 0 aromatic carbocycles. The summed E-state index contributed by atoms with van der Waals surface area (Å²) in [5.74, 6) is 0. The Labute approximate surface area is 53.7 Å². The van der Waals surface area contributed by atoms with Crippen LogP contribution in [0.2, 0.25) is 0 Å². The number of hydrogen-bond donors (Lipinski definition) is 0. The molecule has 0 aromatic rings. The summed E-state index contributed by atoms with van der Waals surface area (Å²) in [5, 5.41) is 0. The molecule has 0 amide bonds. The van der Waals surface area contributed by atoms with Crippen LogP contribution in [0, 0.1) is 0 Å². The lowest BCUT2D eigenvalue weighted by Crippen LogP contribution is -2.04. The van der Waals surface area contributed by atoms with Gasteiger partial charge in [0.2, 0.25) is 0 Å². The Kier molecular flexibility index (Phi) is 6.89. The standard InChI is InChI=1S/C5H9O4/c1-7-5-9-3-2-8-4-6/h2-3,5H2,1H3. The minimum atomic E-state index is 0.224. The molecule has 0 N–H and O–H groups in total. The average molecular weight is 133 g/mol. The fourth-order valence-corrected chi connectivity index (χ4v) is 0.285. The molecule has 0 heterocycles. The summed E-state index contributed by atoms with van der Waals surface area (Å²) in [6.07, 6.45) is 0. The summed E-state index contributed by atoms with van der Waals surface area (Å²) in [6.45, 7) is 2.08. The molecule has 0 saturated heterocycles. The number of methoxy groups -OCH3 is 1. The summed E-state index contributed by atoms with van der Waals surface area (Å²) in [7, 11) is 1.52. The van der Waals surface area contributed by atoms with E-state index in [-0.39, 0.29) is 13.4 Å². The Bertz CT molecular complexity index is 64.0. The topological polar surface area (TPSA) is 44.8 Å². The third-order valence-electron chi connectivity index (χ3n) is 0.590. The van der Waals surface area contributed by atoms with Gasteiger partial charge in [-0.05, 0) is 0 Å². The largest absolute Gasteiger partial charge is 0.455 e. The Morgan fingerprint density at radius 3 is 2.78 bits per heavy atom. The van der Waals surface area contributed by atoms with E-state index >= 15 is 0 Å². The molecule has 53 valence electrons. The number of rotatable bonds is 6. The van der Waals surface area contributed by atoms with Crippen molar-refractivity contribution in [2.75, 3.05) is 27.1 Å². The Balaban J connectivity index is 2.66. The van der Waals surface area contributed by atoms with Crippen molar-refractivity contribution >= 4 is 6.47 Å². The molecule has 1 radical (unpaired) electrons. The lowest BCUT2D eigenvalue weighted by Gasteiger charge is -1.98. The smallest absolute Gasteiger partial charge is 0.417 e. The maximum Gasteiger partial charge on any atom is 0.417 e. The molecule has 0 rings (SSSR count). The van der Waals surface area contributed by atoms with Gasteiger partial charge < -0.3 is 14.2 Å². The Morgan fingerprint density at radius 1 is 1.44 bits per heavy atom. The normalized spacial score (nSPS) is 9.00. The third-order valence-corrected chi connectivity index (χ3v) is 0.590. The van der Waals surface area contributed by atoms with E-state index in [0.29, 0.717) is 6.61 Å². The molecular formula is C5H9O4. The van der Waals surface area contributed by atoms with Crippen LogP contribution in [-0.4, -0.2) is 33.6 Å². The lowest BCUT2D eigenvalue weighted by molar-refractivity contribution is -0.0400. The predicted molar refractivity (Wildman–Crippen MR) is 29.5 cm³/mol. The van der Waals surface area contributed by atoms with Crippen LogP contribution in [0.15, 0.2) is 0 Å². The molecule has 0 bridgehead atoms. The van der Waals surface area contributed by atoms with Crippen molar-refractivity contribution in [1.29, 1.82) is 0 Å².